The molecule has 3 N–H and O–H groups in total. The molecule has 0 aliphatic rings. The summed E-state index contributed by atoms with van der Waals surface area (Å²) in [7, 11) is 0. The fourth-order valence-corrected chi connectivity index (χ4v) is 3.55. The van der Waals surface area contributed by atoms with E-state index in [1.54, 1.807) is 6.07 Å². The summed E-state index contributed by atoms with van der Waals surface area (Å²) in [4.78, 5) is 27.0. The zero-order valence-corrected chi connectivity index (χ0v) is 15.0. The highest BCUT2D eigenvalue weighted by atomic mass is 16.1. The standard InChI is InChI=1S/C20H23N3O2/c1-11(2)23-14(9-16-12(3)8-13(4)22-20(16)25)10-17-15(19(21)24)6-5-7-18(17)23/h5-8,10-11H,9H2,1-4H3,(H2,21,24)(H,22,25). The summed E-state index contributed by atoms with van der Waals surface area (Å²) in [5.74, 6) is -0.442. The Labute approximate surface area is 146 Å². The highest BCUT2D eigenvalue weighted by molar-refractivity contribution is 6.06. The molecule has 2 heterocycles. The molecule has 0 aliphatic carbocycles. The number of nitrogens with two attached hydrogens (primary N) is 1. The summed E-state index contributed by atoms with van der Waals surface area (Å²) in [6.45, 7) is 8.01. The number of aromatic nitrogens is 2. The first kappa shape index (κ1) is 17.0. The summed E-state index contributed by atoms with van der Waals surface area (Å²) in [5.41, 5.74) is 10.5. The lowest BCUT2D eigenvalue weighted by atomic mass is 10.0. The number of pyridine rings is 1. The number of aromatic amines is 1. The van der Waals surface area contributed by atoms with Gasteiger partial charge in [-0.25, -0.2) is 0 Å². The molecule has 1 aromatic carbocycles. The van der Waals surface area contributed by atoms with Gasteiger partial charge in [-0.05, 0) is 57.5 Å². The van der Waals surface area contributed by atoms with Crippen molar-refractivity contribution in [2.24, 2.45) is 5.73 Å². The number of nitrogens with one attached hydrogen (secondary N) is 1. The van der Waals surface area contributed by atoms with E-state index in [1.165, 1.54) is 0 Å². The van der Waals surface area contributed by atoms with Crippen LogP contribution in [0, 0.1) is 13.8 Å². The van der Waals surface area contributed by atoms with Crippen LogP contribution in [-0.2, 0) is 6.42 Å². The molecule has 25 heavy (non-hydrogen) atoms. The molecule has 3 rings (SSSR count). The number of carbonyl (C=O) groups excluding carboxylic acids is 1. The Balaban J connectivity index is 2.23. The van der Waals surface area contributed by atoms with Crippen LogP contribution < -0.4 is 11.3 Å². The van der Waals surface area contributed by atoms with Gasteiger partial charge in [-0.2, -0.15) is 0 Å². The highest BCUT2D eigenvalue weighted by Crippen LogP contribution is 2.28. The SMILES string of the molecule is Cc1cc(C)c(Cc2cc3c(C(N)=O)cccc3n2C(C)C)c(=O)[nH]1. The summed E-state index contributed by atoms with van der Waals surface area (Å²) in [5, 5.41) is 0.833. The van der Waals surface area contributed by atoms with Gasteiger partial charge in [0.1, 0.15) is 0 Å². The molecule has 0 aliphatic heterocycles. The van der Waals surface area contributed by atoms with Crippen molar-refractivity contribution >= 4 is 16.8 Å². The molecule has 0 saturated heterocycles. The number of nitrogens with zero attached hydrogens (tertiary/aromatic N) is 1. The normalized spacial score (nSPS) is 11.4. The van der Waals surface area contributed by atoms with E-state index in [4.69, 9.17) is 5.73 Å². The maximum Gasteiger partial charge on any atom is 0.251 e. The van der Waals surface area contributed by atoms with Gasteiger partial charge in [-0.3, -0.25) is 9.59 Å². The molecule has 0 unspecified atom stereocenters. The summed E-state index contributed by atoms with van der Waals surface area (Å²) in [6, 6.07) is 9.72. The Morgan fingerprint density at radius 2 is 1.96 bits per heavy atom. The van der Waals surface area contributed by atoms with Gasteiger partial charge < -0.3 is 15.3 Å². The van der Waals surface area contributed by atoms with Crippen LogP contribution in [0.2, 0.25) is 0 Å². The van der Waals surface area contributed by atoms with Gasteiger partial charge in [0.15, 0.2) is 0 Å². The monoisotopic (exact) mass is 337 g/mol. The van der Waals surface area contributed by atoms with E-state index in [1.807, 2.05) is 38.1 Å². The fourth-order valence-electron chi connectivity index (χ4n) is 3.55. The van der Waals surface area contributed by atoms with Crippen LogP contribution in [-0.4, -0.2) is 15.5 Å². The molecule has 5 nitrogen and oxygen atoms in total. The molecule has 2 aromatic heterocycles. The Morgan fingerprint density at radius 3 is 2.56 bits per heavy atom. The first-order valence-electron chi connectivity index (χ1n) is 8.41. The topological polar surface area (TPSA) is 80.9 Å². The quantitative estimate of drug-likeness (QED) is 0.766. The van der Waals surface area contributed by atoms with Gasteiger partial charge in [0, 0.05) is 45.9 Å². The van der Waals surface area contributed by atoms with Crippen LogP contribution >= 0.6 is 0 Å². The lowest BCUT2D eigenvalue weighted by Gasteiger charge is -2.15. The third-order valence-electron chi connectivity index (χ3n) is 4.60. The maximum atomic E-state index is 12.4. The molecule has 0 radical (unpaired) electrons. The molecule has 1 amide bonds. The Morgan fingerprint density at radius 1 is 1.24 bits per heavy atom. The largest absolute Gasteiger partial charge is 0.366 e. The average Bonchev–Trinajstić information content (AvgIpc) is 2.88. The van der Waals surface area contributed by atoms with Gasteiger partial charge in [-0.1, -0.05) is 6.07 Å². The van der Waals surface area contributed by atoms with Crippen LogP contribution in [0.25, 0.3) is 10.9 Å². The molecule has 0 bridgehead atoms. The van der Waals surface area contributed by atoms with Crippen molar-refractivity contribution in [2.75, 3.05) is 0 Å². The molecule has 0 spiro atoms. The minimum atomic E-state index is -0.442. The number of fused-ring (bicyclic) bond motifs is 1. The van der Waals surface area contributed by atoms with Crippen molar-refractivity contribution in [1.82, 2.24) is 9.55 Å². The first-order chi connectivity index (χ1) is 11.8. The maximum absolute atomic E-state index is 12.4. The van der Waals surface area contributed by atoms with E-state index >= 15 is 0 Å². The van der Waals surface area contributed by atoms with Gasteiger partial charge in [0.2, 0.25) is 5.91 Å². The average molecular weight is 337 g/mol. The predicted octanol–water partition coefficient (Wildman–Crippen LogP) is 3.22. The second-order valence-electron chi connectivity index (χ2n) is 6.82. The van der Waals surface area contributed by atoms with Crippen molar-refractivity contribution in [3.05, 3.63) is 68.8 Å². The van der Waals surface area contributed by atoms with Crippen LogP contribution in [0.3, 0.4) is 0 Å². The van der Waals surface area contributed by atoms with Crippen LogP contribution in [0.5, 0.6) is 0 Å². The van der Waals surface area contributed by atoms with E-state index < -0.39 is 5.91 Å². The number of rotatable bonds is 4. The van der Waals surface area contributed by atoms with Crippen molar-refractivity contribution in [3.8, 4) is 0 Å². The lowest BCUT2D eigenvalue weighted by molar-refractivity contribution is 0.100. The molecule has 3 aromatic rings. The number of hydrogen-bond acceptors (Lipinski definition) is 2. The Kier molecular flexibility index (Phi) is 4.25. The molecular formula is C20H23N3O2. The van der Waals surface area contributed by atoms with Crippen molar-refractivity contribution in [2.45, 2.75) is 40.2 Å². The van der Waals surface area contributed by atoms with Crippen molar-refractivity contribution in [1.29, 1.82) is 0 Å². The number of H-pyrrole nitrogens is 1. The lowest BCUT2D eigenvalue weighted by Crippen LogP contribution is -2.17. The smallest absolute Gasteiger partial charge is 0.251 e. The molecular weight excluding hydrogens is 314 g/mol. The van der Waals surface area contributed by atoms with Crippen LogP contribution in [0.15, 0.2) is 35.1 Å². The van der Waals surface area contributed by atoms with E-state index in [0.29, 0.717) is 12.0 Å². The van der Waals surface area contributed by atoms with Gasteiger partial charge >= 0.3 is 0 Å². The number of carbonyl (C=O) groups is 1. The van der Waals surface area contributed by atoms with Crippen LogP contribution in [0.4, 0.5) is 0 Å². The third-order valence-corrected chi connectivity index (χ3v) is 4.60. The minimum Gasteiger partial charge on any atom is -0.366 e. The molecule has 0 saturated carbocycles. The zero-order valence-electron chi connectivity index (χ0n) is 15.0. The fraction of sp³-hybridized carbons (Fsp3) is 0.300. The molecule has 5 heteroatoms. The number of hydrogen-bond donors (Lipinski definition) is 2. The summed E-state index contributed by atoms with van der Waals surface area (Å²) < 4.78 is 2.17. The van der Waals surface area contributed by atoms with Crippen LogP contribution in [0.1, 0.15) is 52.8 Å². The summed E-state index contributed by atoms with van der Waals surface area (Å²) in [6.07, 6.45) is 0.506. The number of aryl methyl sites for hydroxylation is 2. The number of primary amides is 1. The van der Waals surface area contributed by atoms with Crippen molar-refractivity contribution < 1.29 is 4.79 Å². The van der Waals surface area contributed by atoms with Gasteiger partial charge in [-0.15, -0.1) is 0 Å². The highest BCUT2D eigenvalue weighted by Gasteiger charge is 2.17. The van der Waals surface area contributed by atoms with Gasteiger partial charge in [0.05, 0.1) is 0 Å². The summed E-state index contributed by atoms with van der Waals surface area (Å²) >= 11 is 0. The van der Waals surface area contributed by atoms with E-state index in [2.05, 4.69) is 23.4 Å². The second kappa shape index (κ2) is 6.24. The molecule has 0 atom stereocenters. The first-order valence-corrected chi connectivity index (χ1v) is 8.41. The molecule has 0 fully saturated rings. The van der Waals surface area contributed by atoms with Crippen molar-refractivity contribution in [3.63, 3.8) is 0 Å². The Hall–Kier alpha value is -2.82. The number of benzene rings is 1. The predicted molar refractivity (Wildman–Crippen MR) is 100 cm³/mol. The molecule has 130 valence electrons. The zero-order chi connectivity index (χ0) is 18.3. The third kappa shape index (κ3) is 2.97. The number of amides is 1. The van der Waals surface area contributed by atoms with E-state index in [9.17, 15) is 9.59 Å². The second-order valence-corrected chi connectivity index (χ2v) is 6.82. The Bertz CT molecular complexity index is 1030. The minimum absolute atomic E-state index is 0.0619. The van der Waals surface area contributed by atoms with E-state index in [-0.39, 0.29) is 11.6 Å². The van der Waals surface area contributed by atoms with Gasteiger partial charge in [0.25, 0.3) is 5.56 Å². The van der Waals surface area contributed by atoms with E-state index in [0.717, 1.165) is 33.4 Å².